The second-order valence-corrected chi connectivity index (χ2v) is 11.2. The molecule has 0 aromatic heterocycles. The van der Waals surface area contributed by atoms with Crippen LogP contribution in [0.25, 0.3) is 0 Å². The first kappa shape index (κ1) is 31.7. The molecule has 5 heteroatoms. The van der Waals surface area contributed by atoms with E-state index in [0.29, 0.717) is 24.3 Å². The van der Waals surface area contributed by atoms with E-state index in [4.69, 9.17) is 9.47 Å². The number of cyclic esters (lactones) is 1. The number of carbonyl (C=O) groups is 2. The third kappa shape index (κ3) is 10.3. The van der Waals surface area contributed by atoms with Gasteiger partial charge in [-0.2, -0.15) is 0 Å². The van der Waals surface area contributed by atoms with Crippen LogP contribution in [-0.2, 0) is 4.74 Å². The lowest BCUT2D eigenvalue weighted by Gasteiger charge is -2.29. The Morgan fingerprint density at radius 1 is 0.650 bits per heavy atom. The molecule has 0 saturated heterocycles. The van der Waals surface area contributed by atoms with Crippen molar-refractivity contribution < 1.29 is 19.1 Å². The van der Waals surface area contributed by atoms with Gasteiger partial charge in [0, 0.05) is 12.1 Å². The highest BCUT2D eigenvalue weighted by atomic mass is 16.6. The van der Waals surface area contributed by atoms with Crippen molar-refractivity contribution in [2.24, 2.45) is 0 Å². The fourth-order valence-electron chi connectivity index (χ4n) is 5.37. The molecule has 0 N–H and O–H groups in total. The van der Waals surface area contributed by atoms with Crippen LogP contribution in [0, 0.1) is 0 Å². The second-order valence-electron chi connectivity index (χ2n) is 11.2. The van der Waals surface area contributed by atoms with Gasteiger partial charge in [-0.1, -0.05) is 116 Å². The van der Waals surface area contributed by atoms with Gasteiger partial charge in [-0.3, -0.25) is 9.69 Å². The molecule has 1 amide bonds. The number of amides is 1. The standard InChI is InChI=1S/C35H51NO4/c1-3-5-7-9-10-11-12-13-14-15-16-20-28-39-30-25-23-29(24-26-30)34-36(27-19-8-6-4-2)33(37)31-21-17-18-22-32(31)35(38)40-34/h17-18,21-26,34H,3-16,19-20,27-28H2,1-2H3. The van der Waals surface area contributed by atoms with E-state index < -0.39 is 12.2 Å². The Hall–Kier alpha value is -2.82. The molecule has 1 aliphatic rings. The Labute approximate surface area is 242 Å². The van der Waals surface area contributed by atoms with E-state index in [1.807, 2.05) is 24.3 Å². The summed E-state index contributed by atoms with van der Waals surface area (Å²) in [6.45, 7) is 5.68. The van der Waals surface area contributed by atoms with E-state index in [9.17, 15) is 9.59 Å². The molecule has 1 atom stereocenters. The van der Waals surface area contributed by atoms with Crippen molar-refractivity contribution >= 4 is 11.9 Å². The average molecular weight is 550 g/mol. The topological polar surface area (TPSA) is 55.8 Å². The lowest BCUT2D eigenvalue weighted by atomic mass is 10.1. The van der Waals surface area contributed by atoms with Crippen molar-refractivity contribution in [1.82, 2.24) is 4.90 Å². The number of ether oxygens (including phenoxy) is 2. The van der Waals surface area contributed by atoms with Crippen molar-refractivity contribution in [1.29, 1.82) is 0 Å². The van der Waals surface area contributed by atoms with Crippen LogP contribution in [0.5, 0.6) is 5.75 Å². The number of rotatable bonds is 20. The molecule has 2 aromatic carbocycles. The summed E-state index contributed by atoms with van der Waals surface area (Å²) < 4.78 is 11.9. The fourth-order valence-corrected chi connectivity index (χ4v) is 5.37. The minimum atomic E-state index is -0.751. The van der Waals surface area contributed by atoms with Gasteiger partial charge < -0.3 is 9.47 Å². The SMILES string of the molecule is CCCCCCCCCCCCCCOc1ccc(C2OC(=O)c3ccccc3C(=O)N2CCCCCC)cc1. The molecule has 220 valence electrons. The van der Waals surface area contributed by atoms with Gasteiger partial charge in [0.15, 0.2) is 0 Å². The maximum atomic E-state index is 13.5. The number of hydrogen-bond acceptors (Lipinski definition) is 4. The van der Waals surface area contributed by atoms with E-state index in [1.165, 1.54) is 70.6 Å². The Morgan fingerprint density at radius 3 is 1.77 bits per heavy atom. The smallest absolute Gasteiger partial charge is 0.341 e. The summed E-state index contributed by atoms with van der Waals surface area (Å²) in [7, 11) is 0. The molecular formula is C35H51NO4. The van der Waals surface area contributed by atoms with Crippen LogP contribution >= 0.6 is 0 Å². The summed E-state index contributed by atoms with van der Waals surface area (Å²) in [5.41, 5.74) is 1.52. The van der Waals surface area contributed by atoms with Crippen LogP contribution in [0.3, 0.4) is 0 Å². The van der Waals surface area contributed by atoms with Crippen molar-refractivity contribution in [3.8, 4) is 5.75 Å². The molecule has 0 saturated carbocycles. The van der Waals surface area contributed by atoms with Crippen LogP contribution in [0.2, 0.25) is 0 Å². The number of fused-ring (bicyclic) bond motifs is 1. The number of hydrogen-bond donors (Lipinski definition) is 0. The molecule has 1 unspecified atom stereocenters. The molecule has 40 heavy (non-hydrogen) atoms. The van der Waals surface area contributed by atoms with Gasteiger partial charge in [-0.15, -0.1) is 0 Å². The van der Waals surface area contributed by atoms with E-state index >= 15 is 0 Å². The van der Waals surface area contributed by atoms with Crippen LogP contribution in [0.1, 0.15) is 149 Å². The Morgan fingerprint density at radius 2 is 1.18 bits per heavy atom. The maximum absolute atomic E-state index is 13.5. The Kier molecular flexibility index (Phi) is 14.7. The van der Waals surface area contributed by atoms with Gasteiger partial charge in [0.05, 0.1) is 17.7 Å². The van der Waals surface area contributed by atoms with Gasteiger partial charge in [-0.25, -0.2) is 4.79 Å². The van der Waals surface area contributed by atoms with Crippen LogP contribution < -0.4 is 4.74 Å². The number of carbonyl (C=O) groups excluding carboxylic acids is 2. The lowest BCUT2D eigenvalue weighted by molar-refractivity contribution is -0.0224. The number of nitrogens with zero attached hydrogens (tertiary/aromatic N) is 1. The summed E-state index contributed by atoms with van der Waals surface area (Å²) in [6, 6.07) is 14.6. The largest absolute Gasteiger partial charge is 0.494 e. The number of benzene rings is 2. The van der Waals surface area contributed by atoms with Crippen molar-refractivity contribution in [3.63, 3.8) is 0 Å². The third-order valence-corrected chi connectivity index (χ3v) is 7.82. The van der Waals surface area contributed by atoms with E-state index in [0.717, 1.165) is 43.4 Å². The van der Waals surface area contributed by atoms with E-state index in [1.54, 1.807) is 29.2 Å². The third-order valence-electron chi connectivity index (χ3n) is 7.82. The first-order valence-electron chi connectivity index (χ1n) is 16.0. The molecule has 1 aliphatic heterocycles. The van der Waals surface area contributed by atoms with Gasteiger partial charge in [0.2, 0.25) is 6.23 Å². The molecule has 0 radical (unpaired) electrons. The zero-order chi connectivity index (χ0) is 28.4. The minimum absolute atomic E-state index is 0.157. The zero-order valence-corrected chi connectivity index (χ0v) is 25.0. The molecule has 3 rings (SSSR count). The molecule has 0 bridgehead atoms. The zero-order valence-electron chi connectivity index (χ0n) is 25.0. The first-order chi connectivity index (χ1) is 19.7. The summed E-state index contributed by atoms with van der Waals surface area (Å²) in [4.78, 5) is 28.2. The number of unbranched alkanes of at least 4 members (excludes halogenated alkanes) is 14. The summed E-state index contributed by atoms with van der Waals surface area (Å²) in [5.74, 6) is 0.184. The molecule has 1 heterocycles. The predicted molar refractivity (Wildman–Crippen MR) is 163 cm³/mol. The molecular weight excluding hydrogens is 498 g/mol. The predicted octanol–water partition coefficient (Wildman–Crippen LogP) is 9.66. The molecule has 5 nitrogen and oxygen atoms in total. The fraction of sp³-hybridized carbons (Fsp3) is 0.600. The van der Waals surface area contributed by atoms with Crippen LogP contribution in [0.15, 0.2) is 48.5 Å². The molecule has 0 fully saturated rings. The highest BCUT2D eigenvalue weighted by Crippen LogP contribution is 2.32. The maximum Gasteiger partial charge on any atom is 0.341 e. The monoisotopic (exact) mass is 549 g/mol. The Balaban J connectivity index is 1.45. The lowest BCUT2D eigenvalue weighted by Crippen LogP contribution is -2.36. The van der Waals surface area contributed by atoms with Gasteiger partial charge in [-0.05, 0) is 49.2 Å². The summed E-state index contributed by atoms with van der Waals surface area (Å²) >= 11 is 0. The molecule has 0 spiro atoms. The van der Waals surface area contributed by atoms with Crippen molar-refractivity contribution in [2.45, 2.75) is 123 Å². The van der Waals surface area contributed by atoms with Crippen LogP contribution in [-0.4, -0.2) is 29.9 Å². The quantitative estimate of drug-likeness (QED) is 0.122. The van der Waals surface area contributed by atoms with Gasteiger partial charge in [0.25, 0.3) is 5.91 Å². The van der Waals surface area contributed by atoms with E-state index in [-0.39, 0.29) is 5.91 Å². The Bertz CT molecular complexity index is 1000. The summed E-state index contributed by atoms with van der Waals surface area (Å²) in [6.07, 6.45) is 19.3. The minimum Gasteiger partial charge on any atom is -0.494 e. The van der Waals surface area contributed by atoms with Gasteiger partial charge in [0.1, 0.15) is 5.75 Å². The summed E-state index contributed by atoms with van der Waals surface area (Å²) in [5, 5.41) is 0. The molecule has 2 aromatic rings. The number of esters is 1. The first-order valence-corrected chi connectivity index (χ1v) is 16.0. The van der Waals surface area contributed by atoms with Crippen LogP contribution in [0.4, 0.5) is 0 Å². The van der Waals surface area contributed by atoms with E-state index in [2.05, 4.69) is 13.8 Å². The van der Waals surface area contributed by atoms with Crippen molar-refractivity contribution in [3.05, 3.63) is 65.2 Å². The highest BCUT2D eigenvalue weighted by Gasteiger charge is 2.35. The van der Waals surface area contributed by atoms with Crippen molar-refractivity contribution in [2.75, 3.05) is 13.2 Å². The molecule has 0 aliphatic carbocycles. The average Bonchev–Trinajstić information content (AvgIpc) is 3.08. The second kappa shape index (κ2) is 18.5. The normalized spacial score (nSPS) is 15.1. The highest BCUT2D eigenvalue weighted by molar-refractivity contribution is 6.06. The van der Waals surface area contributed by atoms with Gasteiger partial charge >= 0.3 is 5.97 Å².